The van der Waals surface area contributed by atoms with Crippen LogP contribution in [0.5, 0.6) is 5.75 Å². The number of hydrogen-bond donors (Lipinski definition) is 1. The lowest BCUT2D eigenvalue weighted by molar-refractivity contribution is -0.118. The van der Waals surface area contributed by atoms with Gasteiger partial charge in [0.2, 0.25) is 11.7 Å². The number of nitrogen functional groups attached to an aromatic ring is 1. The fourth-order valence-corrected chi connectivity index (χ4v) is 2.17. The number of anilines is 2. The summed E-state index contributed by atoms with van der Waals surface area (Å²) in [7, 11) is 1.43. The van der Waals surface area contributed by atoms with Crippen molar-refractivity contribution in [3.63, 3.8) is 0 Å². The lowest BCUT2D eigenvalue weighted by Crippen LogP contribution is -2.33. The number of ketones is 2. The minimum absolute atomic E-state index is 0.00817. The number of carbonyl (C=O) groups excluding carboxylic acids is 3. The number of carbonyl (C=O) groups is 3. The Labute approximate surface area is 127 Å². The Morgan fingerprint density at radius 1 is 1.18 bits per heavy atom. The molecule has 0 saturated carbocycles. The average molecular weight is 300 g/mol. The number of benzene rings is 1. The first kappa shape index (κ1) is 15.5. The van der Waals surface area contributed by atoms with E-state index in [0.717, 1.165) is 11.0 Å². The molecular weight excluding hydrogens is 284 g/mol. The Morgan fingerprint density at radius 3 is 2.45 bits per heavy atom. The number of allylic oxidation sites excluding steroid dienone is 3. The molecule has 0 radical (unpaired) electrons. The van der Waals surface area contributed by atoms with Crippen molar-refractivity contribution in [1.82, 2.24) is 0 Å². The van der Waals surface area contributed by atoms with Gasteiger partial charge in [-0.05, 0) is 25.1 Å². The Morgan fingerprint density at radius 2 is 1.86 bits per heavy atom. The number of methoxy groups -OCH3 is 1. The van der Waals surface area contributed by atoms with E-state index in [1.807, 2.05) is 0 Å². The number of ether oxygens (including phenoxy) is 1. The molecule has 1 aromatic rings. The first-order chi connectivity index (χ1) is 10.3. The van der Waals surface area contributed by atoms with Crippen molar-refractivity contribution >= 4 is 28.8 Å². The molecule has 0 bridgehead atoms. The first-order valence-corrected chi connectivity index (χ1v) is 6.58. The summed E-state index contributed by atoms with van der Waals surface area (Å²) in [6.07, 6.45) is 2.38. The summed E-state index contributed by atoms with van der Waals surface area (Å²) in [6.45, 7) is 2.86. The zero-order valence-corrected chi connectivity index (χ0v) is 12.5. The minimum atomic E-state index is -0.413. The Balaban J connectivity index is 2.58. The normalized spacial score (nSPS) is 14.3. The molecule has 114 valence electrons. The fraction of sp³-hybridized carbons (Fsp3) is 0.188. The molecule has 6 heteroatoms. The summed E-state index contributed by atoms with van der Waals surface area (Å²) < 4.78 is 5.22. The van der Waals surface area contributed by atoms with E-state index in [1.54, 1.807) is 25.1 Å². The maximum atomic E-state index is 12.2. The zero-order valence-electron chi connectivity index (χ0n) is 12.5. The SMILES string of the molecule is COc1cc(N)ccc1N(C(C)=O)C1=CC(=O)C(C)=CC1=O. The average Bonchev–Trinajstić information content (AvgIpc) is 2.45. The van der Waals surface area contributed by atoms with Gasteiger partial charge in [-0.1, -0.05) is 0 Å². The first-order valence-electron chi connectivity index (χ1n) is 6.58. The predicted octanol–water partition coefficient (Wildman–Crippen LogP) is 1.61. The van der Waals surface area contributed by atoms with Crippen LogP contribution in [-0.2, 0) is 14.4 Å². The third-order valence-electron chi connectivity index (χ3n) is 3.26. The molecule has 22 heavy (non-hydrogen) atoms. The van der Waals surface area contributed by atoms with Gasteiger partial charge in [-0.25, -0.2) is 0 Å². The fourth-order valence-electron chi connectivity index (χ4n) is 2.17. The van der Waals surface area contributed by atoms with Crippen molar-refractivity contribution in [2.45, 2.75) is 13.8 Å². The van der Waals surface area contributed by atoms with E-state index in [2.05, 4.69) is 0 Å². The molecule has 1 aromatic carbocycles. The predicted molar refractivity (Wildman–Crippen MR) is 82.4 cm³/mol. The van der Waals surface area contributed by atoms with Gasteiger partial charge in [0.1, 0.15) is 11.4 Å². The summed E-state index contributed by atoms with van der Waals surface area (Å²) in [5, 5.41) is 0. The number of hydrogen-bond acceptors (Lipinski definition) is 5. The van der Waals surface area contributed by atoms with Crippen LogP contribution in [-0.4, -0.2) is 24.6 Å². The van der Waals surface area contributed by atoms with E-state index < -0.39 is 11.7 Å². The van der Waals surface area contributed by atoms with Gasteiger partial charge < -0.3 is 10.5 Å². The van der Waals surface area contributed by atoms with Crippen molar-refractivity contribution in [1.29, 1.82) is 0 Å². The standard InChI is InChI=1S/C16H16N2O4/c1-9-6-15(21)13(8-14(9)20)18(10(2)19)12-5-4-11(17)7-16(12)22-3/h4-8H,17H2,1-3H3. The molecule has 0 atom stereocenters. The molecule has 0 fully saturated rings. The van der Waals surface area contributed by atoms with Crippen LogP contribution in [0.15, 0.2) is 41.6 Å². The third kappa shape index (κ3) is 2.76. The molecular formula is C16H16N2O4. The van der Waals surface area contributed by atoms with E-state index in [0.29, 0.717) is 22.7 Å². The lowest BCUT2D eigenvalue weighted by Gasteiger charge is -2.26. The minimum Gasteiger partial charge on any atom is -0.494 e. The smallest absolute Gasteiger partial charge is 0.228 e. The maximum absolute atomic E-state index is 12.2. The maximum Gasteiger partial charge on any atom is 0.228 e. The topological polar surface area (TPSA) is 89.7 Å². The number of nitrogens with zero attached hydrogens (tertiary/aromatic N) is 1. The van der Waals surface area contributed by atoms with Crippen molar-refractivity contribution < 1.29 is 19.1 Å². The second kappa shape index (κ2) is 5.85. The molecule has 2 N–H and O–H groups in total. The molecule has 0 spiro atoms. The van der Waals surface area contributed by atoms with E-state index >= 15 is 0 Å². The van der Waals surface area contributed by atoms with Gasteiger partial charge in [-0.2, -0.15) is 0 Å². The third-order valence-corrected chi connectivity index (χ3v) is 3.26. The molecule has 6 nitrogen and oxygen atoms in total. The van der Waals surface area contributed by atoms with E-state index in [4.69, 9.17) is 10.5 Å². The molecule has 1 aliphatic rings. The number of nitrogens with two attached hydrogens (primary N) is 1. The Kier molecular flexibility index (Phi) is 4.12. The quantitative estimate of drug-likeness (QED) is 0.676. The van der Waals surface area contributed by atoms with E-state index in [1.165, 1.54) is 20.1 Å². The van der Waals surface area contributed by atoms with Gasteiger partial charge in [0.15, 0.2) is 5.78 Å². The van der Waals surface area contributed by atoms with Gasteiger partial charge in [0.05, 0.1) is 12.8 Å². The number of rotatable bonds is 3. The van der Waals surface area contributed by atoms with Crippen LogP contribution in [0.1, 0.15) is 13.8 Å². The number of amides is 1. The summed E-state index contributed by atoms with van der Waals surface area (Å²) in [5.74, 6) is -0.799. The lowest BCUT2D eigenvalue weighted by atomic mass is 10.0. The largest absolute Gasteiger partial charge is 0.494 e. The van der Waals surface area contributed by atoms with E-state index in [-0.39, 0.29) is 11.5 Å². The van der Waals surface area contributed by atoms with Gasteiger partial charge in [-0.15, -0.1) is 0 Å². The van der Waals surface area contributed by atoms with Crippen LogP contribution in [0, 0.1) is 0 Å². The molecule has 1 aliphatic carbocycles. The van der Waals surface area contributed by atoms with Gasteiger partial charge in [0, 0.05) is 30.3 Å². The molecule has 0 saturated heterocycles. The highest BCUT2D eigenvalue weighted by Gasteiger charge is 2.28. The second-order valence-corrected chi connectivity index (χ2v) is 4.87. The Hall–Kier alpha value is -2.89. The molecule has 1 amide bonds. The molecule has 0 aromatic heterocycles. The van der Waals surface area contributed by atoms with Gasteiger partial charge in [0.25, 0.3) is 0 Å². The molecule has 2 rings (SSSR count). The van der Waals surface area contributed by atoms with E-state index in [9.17, 15) is 14.4 Å². The monoisotopic (exact) mass is 300 g/mol. The van der Waals surface area contributed by atoms with Crippen LogP contribution in [0.2, 0.25) is 0 Å². The van der Waals surface area contributed by atoms with Crippen LogP contribution in [0.25, 0.3) is 0 Å². The van der Waals surface area contributed by atoms with Crippen LogP contribution < -0.4 is 15.4 Å². The van der Waals surface area contributed by atoms with Crippen molar-refractivity contribution in [3.05, 3.63) is 41.6 Å². The summed E-state index contributed by atoms with van der Waals surface area (Å²) in [6, 6.07) is 4.70. The van der Waals surface area contributed by atoms with Gasteiger partial charge in [-0.3, -0.25) is 19.3 Å². The summed E-state index contributed by atoms with van der Waals surface area (Å²) in [5.41, 5.74) is 6.83. The summed E-state index contributed by atoms with van der Waals surface area (Å²) >= 11 is 0. The van der Waals surface area contributed by atoms with Crippen molar-refractivity contribution in [2.75, 3.05) is 17.7 Å². The molecule has 0 aliphatic heterocycles. The van der Waals surface area contributed by atoms with Crippen LogP contribution in [0.4, 0.5) is 11.4 Å². The van der Waals surface area contributed by atoms with Crippen molar-refractivity contribution in [3.8, 4) is 5.75 Å². The van der Waals surface area contributed by atoms with Crippen LogP contribution >= 0.6 is 0 Å². The van der Waals surface area contributed by atoms with Gasteiger partial charge >= 0.3 is 0 Å². The molecule has 0 unspecified atom stereocenters. The zero-order chi connectivity index (χ0) is 16.4. The highest BCUT2D eigenvalue weighted by molar-refractivity contribution is 6.23. The summed E-state index contributed by atoms with van der Waals surface area (Å²) in [4.78, 5) is 37.2. The Bertz CT molecular complexity index is 732. The van der Waals surface area contributed by atoms with Crippen molar-refractivity contribution in [2.24, 2.45) is 0 Å². The molecule has 0 heterocycles. The highest BCUT2D eigenvalue weighted by atomic mass is 16.5. The van der Waals surface area contributed by atoms with Crippen LogP contribution in [0.3, 0.4) is 0 Å². The second-order valence-electron chi connectivity index (χ2n) is 4.87. The highest BCUT2D eigenvalue weighted by Crippen LogP contribution is 2.33.